The van der Waals surface area contributed by atoms with E-state index in [2.05, 4.69) is 20.3 Å². The summed E-state index contributed by atoms with van der Waals surface area (Å²) >= 11 is 12.0. The van der Waals surface area contributed by atoms with E-state index in [0.717, 1.165) is 11.1 Å². The third-order valence-electron chi connectivity index (χ3n) is 3.69. The minimum atomic E-state index is -3.39. The molecule has 0 heterocycles. The van der Waals surface area contributed by atoms with Gasteiger partial charge in [-0.1, -0.05) is 59.6 Å². The molecule has 0 saturated carbocycles. The predicted octanol–water partition coefficient (Wildman–Crippen LogP) is 3.40. The molecule has 0 radical (unpaired) electrons. The summed E-state index contributed by atoms with van der Waals surface area (Å²) < 4.78 is 26.8. The third kappa shape index (κ3) is 8.95. The van der Waals surface area contributed by atoms with Gasteiger partial charge in [-0.05, 0) is 23.3 Å². The Labute approximate surface area is 193 Å². The molecule has 0 aromatic heterocycles. The third-order valence-corrected chi connectivity index (χ3v) is 5.60. The van der Waals surface area contributed by atoms with E-state index in [4.69, 9.17) is 23.2 Å². The van der Waals surface area contributed by atoms with Gasteiger partial charge in [0.2, 0.25) is 10.0 Å². The van der Waals surface area contributed by atoms with Gasteiger partial charge in [0.05, 0.1) is 5.75 Å². The molecular formula is C18H23Cl2IN4O2S. The van der Waals surface area contributed by atoms with E-state index < -0.39 is 10.0 Å². The molecule has 0 saturated heterocycles. The summed E-state index contributed by atoms with van der Waals surface area (Å²) in [7, 11) is -1.78. The molecule has 2 aromatic rings. The molecule has 0 fully saturated rings. The molecule has 3 N–H and O–H groups in total. The predicted molar refractivity (Wildman–Crippen MR) is 127 cm³/mol. The maximum atomic E-state index is 12.1. The van der Waals surface area contributed by atoms with Crippen LogP contribution in [-0.4, -0.2) is 33.7 Å². The van der Waals surface area contributed by atoms with Crippen molar-refractivity contribution >= 4 is 63.2 Å². The van der Waals surface area contributed by atoms with Gasteiger partial charge in [0, 0.05) is 36.7 Å². The number of benzene rings is 2. The van der Waals surface area contributed by atoms with Crippen molar-refractivity contribution < 1.29 is 8.42 Å². The van der Waals surface area contributed by atoms with Crippen LogP contribution in [0.1, 0.15) is 11.1 Å². The Kier molecular flexibility index (Phi) is 11.1. The van der Waals surface area contributed by atoms with Gasteiger partial charge in [0.1, 0.15) is 0 Å². The minimum absolute atomic E-state index is 0. The second-order valence-electron chi connectivity index (χ2n) is 5.71. The zero-order valence-corrected chi connectivity index (χ0v) is 19.9. The Bertz CT molecular complexity index is 880. The van der Waals surface area contributed by atoms with Crippen molar-refractivity contribution in [3.05, 3.63) is 69.7 Å². The van der Waals surface area contributed by atoms with Crippen LogP contribution in [-0.2, 0) is 23.1 Å². The number of rotatable bonds is 8. The van der Waals surface area contributed by atoms with Crippen LogP contribution in [0.3, 0.4) is 0 Å². The van der Waals surface area contributed by atoms with Crippen LogP contribution < -0.4 is 15.4 Å². The van der Waals surface area contributed by atoms with Crippen molar-refractivity contribution in [3.8, 4) is 0 Å². The van der Waals surface area contributed by atoms with Gasteiger partial charge in [-0.2, -0.15) is 0 Å². The SMILES string of the molecule is CN=C(NCCS(=O)(=O)NCc1ccccc1)NCc1ccc(Cl)cc1Cl.I. The smallest absolute Gasteiger partial charge is 0.213 e. The van der Waals surface area contributed by atoms with Crippen LogP contribution in [0.25, 0.3) is 0 Å². The molecule has 2 rings (SSSR count). The number of hydrogen-bond donors (Lipinski definition) is 3. The van der Waals surface area contributed by atoms with Gasteiger partial charge in [0.15, 0.2) is 5.96 Å². The lowest BCUT2D eigenvalue weighted by molar-refractivity contribution is 0.580. The van der Waals surface area contributed by atoms with Crippen molar-refractivity contribution in [1.29, 1.82) is 0 Å². The van der Waals surface area contributed by atoms with Gasteiger partial charge in [-0.25, -0.2) is 13.1 Å². The molecule has 0 aliphatic carbocycles. The number of aliphatic imine (C=N–C) groups is 1. The van der Waals surface area contributed by atoms with Gasteiger partial charge in [-0.3, -0.25) is 4.99 Å². The molecular weight excluding hydrogens is 534 g/mol. The lowest BCUT2D eigenvalue weighted by Crippen LogP contribution is -2.40. The molecule has 2 aromatic carbocycles. The highest BCUT2D eigenvalue weighted by molar-refractivity contribution is 14.0. The van der Waals surface area contributed by atoms with Crippen molar-refractivity contribution in [2.75, 3.05) is 19.3 Å². The van der Waals surface area contributed by atoms with Crippen LogP contribution in [0, 0.1) is 0 Å². The Balaban J connectivity index is 0.00000392. The standard InChI is InChI=1S/C18H22Cl2N4O2S.HI/c1-21-18(23-13-15-7-8-16(19)11-17(15)20)22-9-10-27(25,26)24-12-14-5-3-2-4-6-14;/h2-8,11,24H,9-10,12-13H2,1H3,(H2,21,22,23);1H. The summed E-state index contributed by atoms with van der Waals surface area (Å²) in [6, 6.07) is 14.6. The lowest BCUT2D eigenvalue weighted by Gasteiger charge is -2.13. The second-order valence-corrected chi connectivity index (χ2v) is 8.48. The molecule has 0 amide bonds. The first kappa shape index (κ1) is 25.0. The quantitative estimate of drug-likeness (QED) is 0.264. The number of nitrogens with one attached hydrogen (secondary N) is 3. The first-order chi connectivity index (χ1) is 12.9. The van der Waals surface area contributed by atoms with Gasteiger partial charge in [-0.15, -0.1) is 24.0 Å². The topological polar surface area (TPSA) is 82.6 Å². The normalized spacial score (nSPS) is 11.6. The highest BCUT2D eigenvalue weighted by Crippen LogP contribution is 2.20. The molecule has 0 bridgehead atoms. The van der Waals surface area contributed by atoms with E-state index in [1.54, 1.807) is 19.2 Å². The molecule has 0 spiro atoms. The Morgan fingerprint density at radius 3 is 2.39 bits per heavy atom. The zero-order valence-electron chi connectivity index (χ0n) is 15.3. The van der Waals surface area contributed by atoms with Crippen LogP contribution in [0.15, 0.2) is 53.5 Å². The van der Waals surface area contributed by atoms with Crippen LogP contribution in [0.4, 0.5) is 0 Å². The highest BCUT2D eigenvalue weighted by Gasteiger charge is 2.10. The maximum Gasteiger partial charge on any atom is 0.213 e. The molecule has 0 atom stereocenters. The molecule has 0 aliphatic rings. The highest BCUT2D eigenvalue weighted by atomic mass is 127. The zero-order chi connectivity index (χ0) is 19.7. The summed E-state index contributed by atoms with van der Waals surface area (Å²) in [4.78, 5) is 4.07. The minimum Gasteiger partial charge on any atom is -0.355 e. The number of halogens is 3. The van der Waals surface area contributed by atoms with E-state index in [0.29, 0.717) is 22.5 Å². The average molecular weight is 557 g/mol. The fourth-order valence-electron chi connectivity index (χ4n) is 2.23. The van der Waals surface area contributed by atoms with Crippen molar-refractivity contribution in [1.82, 2.24) is 15.4 Å². The van der Waals surface area contributed by atoms with E-state index >= 15 is 0 Å². The lowest BCUT2D eigenvalue weighted by atomic mass is 10.2. The van der Waals surface area contributed by atoms with Gasteiger partial charge >= 0.3 is 0 Å². The summed E-state index contributed by atoms with van der Waals surface area (Å²) in [5, 5.41) is 7.18. The number of nitrogens with zero attached hydrogens (tertiary/aromatic N) is 1. The Morgan fingerprint density at radius 2 is 1.75 bits per heavy atom. The fraction of sp³-hybridized carbons (Fsp3) is 0.278. The monoisotopic (exact) mass is 556 g/mol. The van der Waals surface area contributed by atoms with Gasteiger partial charge in [0.25, 0.3) is 0 Å². The van der Waals surface area contributed by atoms with Crippen LogP contribution >= 0.6 is 47.2 Å². The number of hydrogen-bond acceptors (Lipinski definition) is 3. The largest absolute Gasteiger partial charge is 0.355 e. The molecule has 10 heteroatoms. The molecule has 0 unspecified atom stereocenters. The van der Waals surface area contributed by atoms with E-state index in [1.165, 1.54) is 0 Å². The van der Waals surface area contributed by atoms with E-state index in [1.807, 2.05) is 36.4 Å². The molecule has 0 aliphatic heterocycles. The van der Waals surface area contributed by atoms with Crippen LogP contribution in [0.2, 0.25) is 10.0 Å². The first-order valence-corrected chi connectivity index (χ1v) is 10.7. The van der Waals surface area contributed by atoms with Crippen LogP contribution in [0.5, 0.6) is 0 Å². The summed E-state index contributed by atoms with van der Waals surface area (Å²) in [5.41, 5.74) is 1.77. The average Bonchev–Trinajstić information content (AvgIpc) is 2.65. The molecule has 28 heavy (non-hydrogen) atoms. The Morgan fingerprint density at radius 1 is 1.04 bits per heavy atom. The Hall–Kier alpha value is -1.07. The second kappa shape index (κ2) is 12.5. The number of sulfonamides is 1. The van der Waals surface area contributed by atoms with Crippen molar-refractivity contribution in [2.24, 2.45) is 4.99 Å². The molecule has 6 nitrogen and oxygen atoms in total. The number of guanidine groups is 1. The first-order valence-electron chi connectivity index (χ1n) is 8.29. The summed E-state index contributed by atoms with van der Waals surface area (Å²) in [6.45, 7) is 0.929. The van der Waals surface area contributed by atoms with Crippen molar-refractivity contribution in [2.45, 2.75) is 13.1 Å². The maximum absolute atomic E-state index is 12.1. The van der Waals surface area contributed by atoms with E-state index in [9.17, 15) is 8.42 Å². The fourth-order valence-corrected chi connectivity index (χ4v) is 3.61. The molecule has 154 valence electrons. The summed E-state index contributed by atoms with van der Waals surface area (Å²) in [5.74, 6) is 0.418. The van der Waals surface area contributed by atoms with Crippen molar-refractivity contribution in [3.63, 3.8) is 0 Å². The summed E-state index contributed by atoms with van der Waals surface area (Å²) in [6.07, 6.45) is 0. The van der Waals surface area contributed by atoms with Gasteiger partial charge < -0.3 is 10.6 Å². The van der Waals surface area contributed by atoms with E-state index in [-0.39, 0.29) is 42.8 Å².